The Balaban J connectivity index is 2.37. The molecule has 0 unspecified atom stereocenters. The summed E-state index contributed by atoms with van der Waals surface area (Å²) in [7, 11) is 2.89. The van der Waals surface area contributed by atoms with E-state index in [1.54, 1.807) is 25.1 Å². The molecule has 3 nitrogen and oxygen atoms in total. The van der Waals surface area contributed by atoms with Crippen LogP contribution in [0.3, 0.4) is 0 Å². The number of anilines is 1. The topological polar surface area (TPSA) is 21.7 Å². The van der Waals surface area contributed by atoms with Gasteiger partial charge in [-0.1, -0.05) is 11.6 Å². The number of hydrogen-bond donors (Lipinski definition) is 0. The maximum Gasteiger partial charge on any atom is 0.494 e. The van der Waals surface area contributed by atoms with E-state index in [9.17, 15) is 4.39 Å². The Hall–Kier alpha value is -0.775. The molecule has 1 aromatic rings. The van der Waals surface area contributed by atoms with E-state index in [4.69, 9.17) is 20.9 Å². The summed E-state index contributed by atoms with van der Waals surface area (Å²) in [6, 6.07) is 3.12. The van der Waals surface area contributed by atoms with Gasteiger partial charge in [-0.25, -0.2) is 4.39 Å². The van der Waals surface area contributed by atoms with Gasteiger partial charge in [-0.15, -0.1) is 0 Å². The van der Waals surface area contributed by atoms with Gasteiger partial charge in [-0.05, 0) is 45.3 Å². The molecule has 0 radical (unpaired) electrons. The second kappa shape index (κ2) is 4.90. The number of rotatable bonds is 2. The minimum absolute atomic E-state index is 0.347. The normalized spacial score (nSPS) is 20.3. The summed E-state index contributed by atoms with van der Waals surface area (Å²) in [5.74, 6) is -0.382. The predicted octanol–water partition coefficient (Wildman–Crippen LogP) is 2.84. The lowest BCUT2D eigenvalue weighted by Gasteiger charge is -2.32. The van der Waals surface area contributed by atoms with Crippen molar-refractivity contribution in [3.8, 4) is 0 Å². The monoisotopic (exact) mass is 299 g/mol. The van der Waals surface area contributed by atoms with Gasteiger partial charge in [0.05, 0.1) is 21.9 Å². The van der Waals surface area contributed by atoms with Crippen molar-refractivity contribution < 1.29 is 13.7 Å². The molecule has 0 aromatic heterocycles. The minimum atomic E-state index is -0.608. The van der Waals surface area contributed by atoms with E-state index in [0.717, 1.165) is 0 Å². The molecule has 0 saturated carbocycles. The quantitative estimate of drug-likeness (QED) is 0.784. The van der Waals surface area contributed by atoms with Crippen LogP contribution in [0.1, 0.15) is 27.7 Å². The van der Waals surface area contributed by atoms with Crippen molar-refractivity contribution in [1.29, 1.82) is 0 Å². The third-order valence-electron chi connectivity index (χ3n) is 4.01. The van der Waals surface area contributed by atoms with Crippen LogP contribution in [0.4, 0.5) is 10.1 Å². The Morgan fingerprint density at radius 2 is 1.60 bits per heavy atom. The molecular formula is C14H20BClFNO2. The van der Waals surface area contributed by atoms with E-state index >= 15 is 0 Å². The van der Waals surface area contributed by atoms with Gasteiger partial charge in [-0.3, -0.25) is 0 Å². The van der Waals surface area contributed by atoms with Gasteiger partial charge in [0.15, 0.2) is 0 Å². The van der Waals surface area contributed by atoms with E-state index < -0.39 is 18.3 Å². The van der Waals surface area contributed by atoms with Crippen LogP contribution in [0.25, 0.3) is 0 Å². The highest BCUT2D eigenvalue weighted by Gasteiger charge is 2.51. The third-order valence-corrected chi connectivity index (χ3v) is 4.30. The van der Waals surface area contributed by atoms with Crippen molar-refractivity contribution >= 4 is 29.9 Å². The molecule has 110 valence electrons. The summed E-state index contributed by atoms with van der Waals surface area (Å²) in [5.41, 5.74) is 0.0467. The van der Waals surface area contributed by atoms with Crippen LogP contribution >= 0.6 is 11.6 Å². The van der Waals surface area contributed by atoms with Crippen LogP contribution in [0.5, 0.6) is 0 Å². The average Bonchev–Trinajstić information content (AvgIpc) is 2.46. The molecule has 20 heavy (non-hydrogen) atoms. The van der Waals surface area contributed by atoms with Crippen molar-refractivity contribution in [3.05, 3.63) is 23.0 Å². The van der Waals surface area contributed by atoms with Crippen molar-refractivity contribution in [2.45, 2.75) is 38.9 Å². The molecule has 1 aromatic carbocycles. The number of benzene rings is 1. The molecule has 1 saturated heterocycles. The standard InChI is InChI=1S/C14H20BClFNO2/c1-13(2)14(3,4)20-15(19-13)9-7-10(16)12(18(5)6)11(17)8-9/h7-8H,1-6H3. The van der Waals surface area contributed by atoms with Gasteiger partial charge in [0.25, 0.3) is 0 Å². The number of halogens is 2. The lowest BCUT2D eigenvalue weighted by molar-refractivity contribution is 0.00578. The molecule has 0 bridgehead atoms. The Bertz CT molecular complexity index is 495. The Kier molecular flexibility index (Phi) is 3.82. The third kappa shape index (κ3) is 2.54. The van der Waals surface area contributed by atoms with Crippen molar-refractivity contribution in [1.82, 2.24) is 0 Å². The zero-order chi connectivity index (χ0) is 15.3. The molecule has 0 amide bonds. The van der Waals surface area contributed by atoms with E-state index in [1.165, 1.54) is 6.07 Å². The molecule has 1 heterocycles. The van der Waals surface area contributed by atoms with Crippen LogP contribution in [-0.4, -0.2) is 32.4 Å². The molecule has 0 atom stereocenters. The first kappa shape index (κ1) is 15.6. The molecule has 0 N–H and O–H groups in total. The Morgan fingerprint density at radius 1 is 1.10 bits per heavy atom. The molecule has 1 aliphatic rings. The zero-order valence-corrected chi connectivity index (χ0v) is 13.5. The fraction of sp³-hybridized carbons (Fsp3) is 0.571. The summed E-state index contributed by atoms with van der Waals surface area (Å²) in [5, 5.41) is 0.347. The predicted molar refractivity (Wildman–Crippen MR) is 81.5 cm³/mol. The van der Waals surface area contributed by atoms with E-state index in [-0.39, 0.29) is 5.82 Å². The first-order valence-corrected chi connectivity index (χ1v) is 6.95. The van der Waals surface area contributed by atoms with Crippen molar-refractivity contribution in [3.63, 3.8) is 0 Å². The minimum Gasteiger partial charge on any atom is -0.399 e. The zero-order valence-electron chi connectivity index (χ0n) is 12.8. The fourth-order valence-corrected chi connectivity index (χ4v) is 2.51. The van der Waals surface area contributed by atoms with Crippen LogP contribution in [-0.2, 0) is 9.31 Å². The van der Waals surface area contributed by atoms with Gasteiger partial charge in [0, 0.05) is 14.1 Å². The number of hydrogen-bond acceptors (Lipinski definition) is 3. The lowest BCUT2D eigenvalue weighted by atomic mass is 9.79. The average molecular weight is 300 g/mol. The number of nitrogens with zero attached hydrogens (tertiary/aromatic N) is 1. The molecule has 0 aliphatic carbocycles. The van der Waals surface area contributed by atoms with Crippen molar-refractivity contribution in [2.75, 3.05) is 19.0 Å². The summed E-state index contributed by atoms with van der Waals surface area (Å²) in [4.78, 5) is 1.64. The highest BCUT2D eigenvalue weighted by Crippen LogP contribution is 2.37. The fourth-order valence-electron chi connectivity index (χ4n) is 2.13. The molecule has 6 heteroatoms. The summed E-state index contributed by atoms with van der Waals surface area (Å²) < 4.78 is 26.0. The molecular weight excluding hydrogens is 279 g/mol. The summed E-state index contributed by atoms with van der Waals surface area (Å²) in [6.07, 6.45) is 0. The van der Waals surface area contributed by atoms with Gasteiger partial charge < -0.3 is 14.2 Å². The van der Waals surface area contributed by atoms with E-state index in [1.807, 2.05) is 27.7 Å². The summed E-state index contributed by atoms with van der Waals surface area (Å²) >= 11 is 6.16. The Labute approximate surface area is 125 Å². The SMILES string of the molecule is CN(C)c1c(F)cc(B2OC(C)(C)C(C)(C)O2)cc1Cl. The molecule has 1 fully saturated rings. The maximum atomic E-state index is 14.2. The van der Waals surface area contributed by atoms with Crippen LogP contribution in [0, 0.1) is 5.82 Å². The second-order valence-corrected chi connectivity index (χ2v) is 6.72. The Morgan fingerprint density at radius 3 is 2.00 bits per heavy atom. The highest BCUT2D eigenvalue weighted by atomic mass is 35.5. The molecule has 1 aliphatic heterocycles. The molecule has 2 rings (SSSR count). The first-order valence-electron chi connectivity index (χ1n) is 6.57. The van der Waals surface area contributed by atoms with E-state index in [0.29, 0.717) is 16.2 Å². The molecule has 0 spiro atoms. The van der Waals surface area contributed by atoms with Gasteiger partial charge in [0.2, 0.25) is 0 Å². The highest BCUT2D eigenvalue weighted by molar-refractivity contribution is 6.62. The second-order valence-electron chi connectivity index (χ2n) is 6.32. The first-order chi connectivity index (χ1) is 9.05. The van der Waals surface area contributed by atoms with Crippen LogP contribution < -0.4 is 10.4 Å². The van der Waals surface area contributed by atoms with Crippen LogP contribution in [0.15, 0.2) is 12.1 Å². The van der Waals surface area contributed by atoms with E-state index in [2.05, 4.69) is 0 Å². The van der Waals surface area contributed by atoms with Crippen molar-refractivity contribution in [2.24, 2.45) is 0 Å². The lowest BCUT2D eigenvalue weighted by Crippen LogP contribution is -2.41. The van der Waals surface area contributed by atoms with Crippen LogP contribution in [0.2, 0.25) is 5.02 Å². The summed E-state index contributed by atoms with van der Waals surface area (Å²) in [6.45, 7) is 7.83. The van der Waals surface area contributed by atoms with Gasteiger partial charge >= 0.3 is 7.12 Å². The van der Waals surface area contributed by atoms with Gasteiger partial charge in [0.1, 0.15) is 5.82 Å². The maximum absolute atomic E-state index is 14.2. The largest absolute Gasteiger partial charge is 0.494 e. The smallest absolute Gasteiger partial charge is 0.399 e. The van der Waals surface area contributed by atoms with Gasteiger partial charge in [-0.2, -0.15) is 0 Å².